The predicted octanol–water partition coefficient (Wildman–Crippen LogP) is 1.19. The first-order valence-corrected chi connectivity index (χ1v) is 5.37. The van der Waals surface area contributed by atoms with Crippen LogP contribution < -0.4 is 0 Å². The Morgan fingerprint density at radius 2 is 1.72 bits per heavy atom. The Morgan fingerprint density at radius 3 is 2.39 bits per heavy atom. The van der Waals surface area contributed by atoms with Crippen LogP contribution in [0.4, 0.5) is 0 Å². The fraction of sp³-hybridized carbons (Fsp3) is 0.167. The molecule has 0 atom stereocenters. The maximum Gasteiger partial charge on any atom is 0.369 e. The Hall–Kier alpha value is -2.50. The number of carbonyl (C=O) groups is 2. The molecule has 6 heteroatoms. The van der Waals surface area contributed by atoms with Gasteiger partial charge in [0.05, 0.1) is 5.69 Å². The molecule has 1 aromatic heterocycles. The van der Waals surface area contributed by atoms with Crippen LogP contribution >= 0.6 is 0 Å². The van der Waals surface area contributed by atoms with E-state index in [2.05, 4.69) is 15.0 Å². The average molecular weight is 243 g/mol. The summed E-state index contributed by atoms with van der Waals surface area (Å²) < 4.78 is 5.83. The van der Waals surface area contributed by atoms with E-state index in [9.17, 15) is 9.59 Å². The molecule has 0 bridgehead atoms. The molecule has 0 saturated heterocycles. The molecular weight excluding hydrogens is 234 g/mol. The van der Waals surface area contributed by atoms with E-state index in [0.717, 1.165) is 11.1 Å². The molecule has 2 aromatic rings. The lowest BCUT2D eigenvalue weighted by molar-refractivity contribution is 0.0434. The number of nitrogens with zero attached hydrogens (tertiary/aromatic N) is 3. The summed E-state index contributed by atoms with van der Waals surface area (Å²) in [6, 6.07) is 5.72. The molecule has 1 aliphatic rings. The number of aromatic nitrogens is 3. The summed E-state index contributed by atoms with van der Waals surface area (Å²) in [5, 5.41) is 7.52. The van der Waals surface area contributed by atoms with Gasteiger partial charge in [-0.15, -0.1) is 5.10 Å². The lowest BCUT2D eigenvalue weighted by atomic mass is 10.1. The zero-order valence-electron chi connectivity index (χ0n) is 9.80. The van der Waals surface area contributed by atoms with Crippen molar-refractivity contribution in [2.45, 2.75) is 13.8 Å². The van der Waals surface area contributed by atoms with Crippen LogP contribution in [0, 0.1) is 13.8 Å². The second kappa shape index (κ2) is 3.49. The summed E-state index contributed by atoms with van der Waals surface area (Å²) >= 11 is 0. The second-order valence-corrected chi connectivity index (χ2v) is 4.22. The van der Waals surface area contributed by atoms with Crippen LogP contribution in [0.5, 0.6) is 0 Å². The van der Waals surface area contributed by atoms with Crippen LogP contribution in [0.3, 0.4) is 0 Å². The fourth-order valence-corrected chi connectivity index (χ4v) is 2.04. The third-order valence-electron chi connectivity index (χ3n) is 2.69. The number of hydrogen-bond donors (Lipinski definition) is 0. The van der Waals surface area contributed by atoms with E-state index in [4.69, 9.17) is 0 Å². The van der Waals surface area contributed by atoms with Crippen LogP contribution in [0.2, 0.25) is 0 Å². The largest absolute Gasteiger partial charge is 0.383 e. The molecule has 0 unspecified atom stereocenters. The van der Waals surface area contributed by atoms with E-state index in [1.54, 1.807) is 0 Å². The van der Waals surface area contributed by atoms with Gasteiger partial charge in [0.1, 0.15) is 0 Å². The summed E-state index contributed by atoms with van der Waals surface area (Å²) in [6.07, 6.45) is 0. The summed E-state index contributed by atoms with van der Waals surface area (Å²) in [6.45, 7) is 3.88. The van der Waals surface area contributed by atoms with Crippen LogP contribution in [0.25, 0.3) is 5.69 Å². The van der Waals surface area contributed by atoms with Gasteiger partial charge in [-0.2, -0.15) is 0 Å². The zero-order valence-corrected chi connectivity index (χ0v) is 9.80. The van der Waals surface area contributed by atoms with Crippen molar-refractivity contribution < 1.29 is 14.3 Å². The molecule has 0 saturated carbocycles. The quantitative estimate of drug-likeness (QED) is 0.555. The van der Waals surface area contributed by atoms with Crippen molar-refractivity contribution in [2.24, 2.45) is 0 Å². The number of hydrogen-bond acceptors (Lipinski definition) is 5. The van der Waals surface area contributed by atoms with E-state index in [-0.39, 0.29) is 11.4 Å². The van der Waals surface area contributed by atoms with Gasteiger partial charge < -0.3 is 4.74 Å². The molecule has 0 radical (unpaired) electrons. The Labute approximate surface area is 102 Å². The van der Waals surface area contributed by atoms with Crippen molar-refractivity contribution in [3.8, 4) is 5.69 Å². The van der Waals surface area contributed by atoms with Crippen molar-refractivity contribution in [1.82, 2.24) is 15.0 Å². The molecule has 6 nitrogen and oxygen atoms in total. The van der Waals surface area contributed by atoms with Crippen molar-refractivity contribution in [2.75, 3.05) is 0 Å². The highest BCUT2D eigenvalue weighted by molar-refractivity contribution is 6.12. The standard InChI is InChI=1S/C12H9N3O3/c1-6-3-7(2)5-8(4-6)15-10-9(13-14-15)11(16)18-12(10)17/h3-5H,1-2H3. The van der Waals surface area contributed by atoms with Crippen LogP contribution in [0.1, 0.15) is 32.1 Å². The van der Waals surface area contributed by atoms with Gasteiger partial charge in [-0.1, -0.05) is 11.3 Å². The minimum atomic E-state index is -0.745. The van der Waals surface area contributed by atoms with E-state index >= 15 is 0 Å². The van der Waals surface area contributed by atoms with Crippen molar-refractivity contribution >= 4 is 11.9 Å². The second-order valence-electron chi connectivity index (χ2n) is 4.22. The molecule has 0 N–H and O–H groups in total. The zero-order chi connectivity index (χ0) is 12.9. The third kappa shape index (κ3) is 1.42. The van der Waals surface area contributed by atoms with E-state index in [1.807, 2.05) is 32.0 Å². The minimum absolute atomic E-state index is 0.0286. The van der Waals surface area contributed by atoms with Gasteiger partial charge in [0, 0.05) is 0 Å². The maximum absolute atomic E-state index is 11.6. The van der Waals surface area contributed by atoms with Gasteiger partial charge in [-0.05, 0) is 37.1 Å². The van der Waals surface area contributed by atoms with E-state index in [1.165, 1.54) is 4.68 Å². The van der Waals surface area contributed by atoms with Gasteiger partial charge >= 0.3 is 11.9 Å². The number of carbonyl (C=O) groups excluding carboxylic acids is 2. The Bertz CT molecular complexity index is 668. The summed E-state index contributed by atoms with van der Waals surface area (Å²) in [4.78, 5) is 22.9. The lowest BCUT2D eigenvalue weighted by Gasteiger charge is -2.05. The number of benzene rings is 1. The molecule has 90 valence electrons. The number of fused-ring (bicyclic) bond motifs is 1. The smallest absolute Gasteiger partial charge is 0.369 e. The van der Waals surface area contributed by atoms with Gasteiger partial charge in [-0.25, -0.2) is 14.3 Å². The predicted molar refractivity (Wildman–Crippen MR) is 60.6 cm³/mol. The molecule has 0 aliphatic carbocycles. The number of ether oxygens (including phenoxy) is 1. The summed E-state index contributed by atoms with van der Waals surface area (Å²) in [5.41, 5.74) is 2.82. The molecule has 18 heavy (non-hydrogen) atoms. The van der Waals surface area contributed by atoms with E-state index < -0.39 is 11.9 Å². The Kier molecular flexibility index (Phi) is 2.07. The van der Waals surface area contributed by atoms with Gasteiger partial charge in [0.2, 0.25) is 5.69 Å². The van der Waals surface area contributed by atoms with Gasteiger partial charge in [0.25, 0.3) is 0 Å². The molecule has 0 amide bonds. The highest BCUT2D eigenvalue weighted by atomic mass is 16.6. The van der Waals surface area contributed by atoms with Crippen molar-refractivity contribution in [1.29, 1.82) is 0 Å². The minimum Gasteiger partial charge on any atom is -0.383 e. The highest BCUT2D eigenvalue weighted by Gasteiger charge is 2.37. The SMILES string of the molecule is Cc1cc(C)cc(-n2nnc3c2C(=O)OC3=O)c1. The average Bonchev–Trinajstić information content (AvgIpc) is 2.81. The van der Waals surface area contributed by atoms with Crippen LogP contribution in [-0.4, -0.2) is 26.9 Å². The van der Waals surface area contributed by atoms with Crippen molar-refractivity contribution in [3.63, 3.8) is 0 Å². The lowest BCUT2D eigenvalue weighted by Crippen LogP contribution is -2.08. The molecule has 2 heterocycles. The number of cyclic esters (lactones) is 2. The molecule has 1 aliphatic heterocycles. The molecule has 0 spiro atoms. The molecule has 1 aromatic carbocycles. The first kappa shape index (κ1) is 10.6. The maximum atomic E-state index is 11.6. The Balaban J connectivity index is 2.22. The van der Waals surface area contributed by atoms with Crippen molar-refractivity contribution in [3.05, 3.63) is 40.7 Å². The third-order valence-corrected chi connectivity index (χ3v) is 2.69. The molecular formula is C12H9N3O3. The molecule has 3 rings (SSSR count). The summed E-state index contributed by atoms with van der Waals surface area (Å²) in [7, 11) is 0. The topological polar surface area (TPSA) is 74.1 Å². The highest BCUT2D eigenvalue weighted by Crippen LogP contribution is 2.21. The molecule has 0 fully saturated rings. The number of rotatable bonds is 1. The summed E-state index contributed by atoms with van der Waals surface area (Å²) in [5.74, 6) is -1.45. The Morgan fingerprint density at radius 1 is 1.06 bits per heavy atom. The van der Waals surface area contributed by atoms with Crippen LogP contribution in [0.15, 0.2) is 18.2 Å². The normalized spacial score (nSPS) is 13.7. The first-order chi connectivity index (χ1) is 8.56. The first-order valence-electron chi connectivity index (χ1n) is 5.37. The van der Waals surface area contributed by atoms with Crippen LogP contribution in [-0.2, 0) is 4.74 Å². The fourth-order valence-electron chi connectivity index (χ4n) is 2.04. The van der Waals surface area contributed by atoms with Gasteiger partial charge in [-0.3, -0.25) is 0 Å². The number of aryl methyl sites for hydroxylation is 2. The van der Waals surface area contributed by atoms with E-state index in [0.29, 0.717) is 5.69 Å². The van der Waals surface area contributed by atoms with Gasteiger partial charge in [0.15, 0.2) is 5.69 Å². The number of esters is 2. The monoisotopic (exact) mass is 243 g/mol.